The van der Waals surface area contributed by atoms with Crippen molar-refractivity contribution in [1.29, 1.82) is 5.26 Å². The Balaban J connectivity index is 1.28. The van der Waals surface area contributed by atoms with E-state index in [9.17, 15) is 13.2 Å². The van der Waals surface area contributed by atoms with Crippen LogP contribution < -0.4 is 4.90 Å². The Morgan fingerprint density at radius 2 is 1.97 bits per heavy atom. The highest BCUT2D eigenvalue weighted by atomic mass is 35.5. The predicted octanol–water partition coefficient (Wildman–Crippen LogP) is 5.62. The summed E-state index contributed by atoms with van der Waals surface area (Å²) < 4.78 is 38.6. The van der Waals surface area contributed by atoms with Gasteiger partial charge in [0.2, 0.25) is 0 Å². The molecular formula is C24H23ClF3N5S. The number of nitrogens with zero attached hydrogens (tertiary/aromatic N) is 5. The smallest absolute Gasteiger partial charge is 0.355 e. The molecule has 4 heterocycles. The van der Waals surface area contributed by atoms with Gasteiger partial charge in [-0.05, 0) is 42.6 Å². The molecule has 0 aliphatic carbocycles. The Morgan fingerprint density at radius 3 is 2.74 bits per heavy atom. The van der Waals surface area contributed by atoms with E-state index in [1.165, 1.54) is 6.33 Å². The van der Waals surface area contributed by atoms with Crippen molar-refractivity contribution in [3.05, 3.63) is 51.6 Å². The highest BCUT2D eigenvalue weighted by molar-refractivity contribution is 7.18. The number of rotatable bonds is 5. The molecule has 5 nitrogen and oxygen atoms in total. The Kier molecular flexibility index (Phi) is 6.17. The van der Waals surface area contributed by atoms with Crippen LogP contribution >= 0.6 is 22.9 Å². The zero-order valence-corrected chi connectivity index (χ0v) is 20.0. The molecule has 2 fully saturated rings. The first kappa shape index (κ1) is 23.3. The molecule has 1 aromatic carbocycles. The van der Waals surface area contributed by atoms with Gasteiger partial charge in [0.1, 0.15) is 17.0 Å². The molecule has 10 heteroatoms. The summed E-state index contributed by atoms with van der Waals surface area (Å²) in [6, 6.07) is 9.59. The maximum Gasteiger partial charge on any atom is 0.393 e. The maximum atomic E-state index is 12.9. The monoisotopic (exact) mass is 505 g/mol. The lowest BCUT2D eigenvalue weighted by molar-refractivity contribution is -0.126. The Labute approximate surface area is 204 Å². The number of aromatic nitrogens is 2. The van der Waals surface area contributed by atoms with Crippen molar-refractivity contribution in [2.45, 2.75) is 38.4 Å². The summed E-state index contributed by atoms with van der Waals surface area (Å²) >= 11 is 7.56. The molecule has 2 aliphatic rings. The number of likely N-dealkylation sites (tertiary alicyclic amines) is 1. The highest BCUT2D eigenvalue weighted by Crippen LogP contribution is 2.43. The molecule has 3 aromatic rings. The van der Waals surface area contributed by atoms with Crippen molar-refractivity contribution in [2.75, 3.05) is 31.1 Å². The second-order valence-electron chi connectivity index (χ2n) is 9.31. The third-order valence-electron chi connectivity index (χ3n) is 6.78. The van der Waals surface area contributed by atoms with Gasteiger partial charge in [0.25, 0.3) is 0 Å². The lowest BCUT2D eigenvalue weighted by Gasteiger charge is -2.25. The predicted molar refractivity (Wildman–Crippen MR) is 127 cm³/mol. The van der Waals surface area contributed by atoms with Gasteiger partial charge in [0.15, 0.2) is 0 Å². The minimum absolute atomic E-state index is 0.134. The van der Waals surface area contributed by atoms with Crippen LogP contribution in [-0.4, -0.2) is 47.2 Å². The number of nitriles is 1. The van der Waals surface area contributed by atoms with E-state index in [1.54, 1.807) is 6.07 Å². The highest BCUT2D eigenvalue weighted by Gasteiger charge is 2.44. The van der Waals surface area contributed by atoms with Crippen LogP contribution in [-0.2, 0) is 19.4 Å². The molecule has 34 heavy (non-hydrogen) atoms. The first-order valence-corrected chi connectivity index (χ1v) is 12.3. The average molecular weight is 506 g/mol. The van der Waals surface area contributed by atoms with E-state index in [-0.39, 0.29) is 10.3 Å². The van der Waals surface area contributed by atoms with Crippen molar-refractivity contribution in [3.63, 3.8) is 0 Å². The van der Waals surface area contributed by atoms with Crippen LogP contribution in [0, 0.1) is 16.7 Å². The standard InChI is InChI=1S/C24H23ClF3N5S/c25-20-9-16(3-6-29)1-2-17(20)12-32-7-4-23(13-32)5-8-33(14-23)21-19-10-18(11-24(26,27)28)34-22(19)31-15-30-21/h1-2,9-10,15H,3-5,7-8,11-14H2. The fourth-order valence-corrected chi connectivity index (χ4v) is 6.49. The van der Waals surface area contributed by atoms with E-state index in [1.807, 2.05) is 18.2 Å². The fraction of sp³-hybridized carbons (Fsp3) is 0.458. The Morgan fingerprint density at radius 1 is 1.15 bits per heavy atom. The van der Waals surface area contributed by atoms with Gasteiger partial charge < -0.3 is 4.90 Å². The van der Waals surface area contributed by atoms with Crippen LogP contribution in [0.1, 0.15) is 28.8 Å². The van der Waals surface area contributed by atoms with Gasteiger partial charge in [0.05, 0.1) is 24.3 Å². The minimum Gasteiger partial charge on any atom is -0.355 e. The number of hydrogen-bond acceptors (Lipinski definition) is 6. The fourth-order valence-electron chi connectivity index (χ4n) is 5.20. The van der Waals surface area contributed by atoms with E-state index in [0.29, 0.717) is 21.7 Å². The molecule has 1 atom stereocenters. The van der Waals surface area contributed by atoms with E-state index in [4.69, 9.17) is 16.9 Å². The Hall–Kier alpha value is -2.41. The van der Waals surface area contributed by atoms with Crippen LogP contribution in [0.15, 0.2) is 30.6 Å². The third-order valence-corrected chi connectivity index (χ3v) is 8.18. The summed E-state index contributed by atoms with van der Waals surface area (Å²) in [7, 11) is 0. The summed E-state index contributed by atoms with van der Waals surface area (Å²) in [6.07, 6.45) is -1.30. The molecule has 2 saturated heterocycles. The van der Waals surface area contributed by atoms with Crippen LogP contribution in [0.5, 0.6) is 0 Å². The SMILES string of the molecule is N#CCc1ccc(CN2CCC3(CCN(c4ncnc5sc(CC(F)(F)F)cc45)C3)C2)c(Cl)c1. The van der Waals surface area contributed by atoms with Crippen LogP contribution in [0.4, 0.5) is 19.0 Å². The minimum atomic E-state index is -4.24. The summed E-state index contributed by atoms with van der Waals surface area (Å²) in [5, 5.41) is 10.3. The lowest BCUT2D eigenvalue weighted by atomic mass is 9.86. The van der Waals surface area contributed by atoms with Gasteiger partial charge in [0, 0.05) is 41.5 Å². The van der Waals surface area contributed by atoms with Crippen molar-refractivity contribution in [3.8, 4) is 6.07 Å². The quantitative estimate of drug-likeness (QED) is 0.450. The summed E-state index contributed by atoms with van der Waals surface area (Å²) in [5.74, 6) is 0.737. The van der Waals surface area contributed by atoms with Crippen molar-refractivity contribution in [2.24, 2.45) is 5.41 Å². The van der Waals surface area contributed by atoms with Crippen molar-refractivity contribution < 1.29 is 13.2 Å². The summed E-state index contributed by atoms with van der Waals surface area (Å²) in [6.45, 7) is 4.33. The molecule has 0 bridgehead atoms. The van der Waals surface area contributed by atoms with Crippen molar-refractivity contribution >= 4 is 39.0 Å². The van der Waals surface area contributed by atoms with Gasteiger partial charge in [-0.2, -0.15) is 18.4 Å². The number of thiophene rings is 1. The third kappa shape index (κ3) is 4.85. The number of anilines is 1. The first-order chi connectivity index (χ1) is 16.2. The molecule has 0 N–H and O–H groups in total. The molecule has 2 aliphatic heterocycles. The molecule has 1 unspecified atom stereocenters. The van der Waals surface area contributed by atoms with Gasteiger partial charge in [-0.1, -0.05) is 23.7 Å². The van der Waals surface area contributed by atoms with Crippen molar-refractivity contribution in [1.82, 2.24) is 14.9 Å². The van der Waals surface area contributed by atoms with Crippen LogP contribution in [0.25, 0.3) is 10.2 Å². The average Bonchev–Trinajstić information content (AvgIpc) is 3.47. The molecule has 2 aromatic heterocycles. The van der Waals surface area contributed by atoms with Gasteiger partial charge in [-0.15, -0.1) is 11.3 Å². The molecule has 0 saturated carbocycles. The largest absolute Gasteiger partial charge is 0.393 e. The van der Waals surface area contributed by atoms with Gasteiger partial charge in [-0.25, -0.2) is 9.97 Å². The van der Waals surface area contributed by atoms with E-state index < -0.39 is 12.6 Å². The lowest BCUT2D eigenvalue weighted by Crippen LogP contribution is -2.31. The molecule has 178 valence electrons. The maximum absolute atomic E-state index is 12.9. The summed E-state index contributed by atoms with van der Waals surface area (Å²) in [4.78, 5) is 14.2. The second-order valence-corrected chi connectivity index (χ2v) is 10.8. The first-order valence-electron chi connectivity index (χ1n) is 11.2. The molecule has 5 rings (SSSR count). The van der Waals surface area contributed by atoms with E-state index in [0.717, 1.165) is 73.8 Å². The van der Waals surface area contributed by atoms with E-state index >= 15 is 0 Å². The number of halogens is 4. The topological polar surface area (TPSA) is 56.1 Å². The van der Waals surface area contributed by atoms with Crippen LogP contribution in [0.3, 0.4) is 0 Å². The normalized spacial score (nSPS) is 21.1. The summed E-state index contributed by atoms with van der Waals surface area (Å²) in [5.41, 5.74) is 2.11. The zero-order chi connectivity index (χ0) is 23.9. The molecule has 1 spiro atoms. The number of alkyl halides is 3. The Bertz CT molecular complexity index is 1250. The molecule has 0 amide bonds. The second kappa shape index (κ2) is 8.99. The van der Waals surface area contributed by atoms with Gasteiger partial charge in [-0.3, -0.25) is 4.90 Å². The number of fused-ring (bicyclic) bond motifs is 1. The molecular weight excluding hydrogens is 483 g/mol. The van der Waals surface area contributed by atoms with Crippen LogP contribution in [0.2, 0.25) is 5.02 Å². The zero-order valence-electron chi connectivity index (χ0n) is 18.4. The molecule has 0 radical (unpaired) electrons. The number of benzene rings is 1. The van der Waals surface area contributed by atoms with Gasteiger partial charge >= 0.3 is 6.18 Å². The number of hydrogen-bond donors (Lipinski definition) is 0. The van der Waals surface area contributed by atoms with E-state index in [2.05, 4.69) is 25.8 Å².